The minimum Gasteiger partial charge on any atom is -0.497 e. The Kier molecular flexibility index (Phi) is 4.26. The Morgan fingerprint density at radius 2 is 1.88 bits per heavy atom. The third-order valence-electron chi connectivity index (χ3n) is 2.92. The maximum Gasteiger partial charge on any atom is 0.195 e. The van der Waals surface area contributed by atoms with Gasteiger partial charge in [0.2, 0.25) is 0 Å². The fourth-order valence-corrected chi connectivity index (χ4v) is 2.19. The number of benzene rings is 1. The molecule has 0 aromatic heterocycles. The van der Waals surface area contributed by atoms with Crippen molar-refractivity contribution in [1.82, 2.24) is 0 Å². The summed E-state index contributed by atoms with van der Waals surface area (Å²) < 4.78 is 16.7. The van der Waals surface area contributed by atoms with Crippen molar-refractivity contribution in [2.24, 2.45) is 0 Å². The molecule has 1 fully saturated rings. The molecule has 1 aromatic carbocycles. The summed E-state index contributed by atoms with van der Waals surface area (Å²) in [5.41, 5.74) is 1.03. The molecule has 1 aliphatic heterocycles. The Morgan fingerprint density at radius 1 is 1.24 bits per heavy atom. The SMILES string of the molecule is COc1ccc(C2(CCCCl)OCCO2)cc1. The molecular formula is C13H17ClO3. The van der Waals surface area contributed by atoms with E-state index in [1.54, 1.807) is 7.11 Å². The zero-order valence-electron chi connectivity index (χ0n) is 9.95. The summed E-state index contributed by atoms with van der Waals surface area (Å²) in [6.07, 6.45) is 1.65. The molecule has 0 N–H and O–H groups in total. The lowest BCUT2D eigenvalue weighted by molar-refractivity contribution is -0.170. The van der Waals surface area contributed by atoms with Crippen LogP contribution in [0, 0.1) is 0 Å². The molecule has 1 saturated heterocycles. The van der Waals surface area contributed by atoms with Gasteiger partial charge >= 0.3 is 0 Å². The van der Waals surface area contributed by atoms with E-state index in [1.807, 2.05) is 24.3 Å². The van der Waals surface area contributed by atoms with Crippen LogP contribution in [0.1, 0.15) is 18.4 Å². The van der Waals surface area contributed by atoms with Crippen LogP contribution in [0.5, 0.6) is 5.75 Å². The Bertz CT molecular complexity index is 344. The van der Waals surface area contributed by atoms with E-state index in [1.165, 1.54) is 0 Å². The van der Waals surface area contributed by atoms with Crippen molar-refractivity contribution in [3.63, 3.8) is 0 Å². The van der Waals surface area contributed by atoms with Crippen molar-refractivity contribution < 1.29 is 14.2 Å². The molecule has 0 unspecified atom stereocenters. The van der Waals surface area contributed by atoms with Crippen molar-refractivity contribution >= 4 is 11.6 Å². The normalized spacial score (nSPS) is 18.2. The average Bonchev–Trinajstić information content (AvgIpc) is 2.86. The molecule has 17 heavy (non-hydrogen) atoms. The molecule has 0 radical (unpaired) electrons. The maximum absolute atomic E-state index is 5.78. The van der Waals surface area contributed by atoms with Gasteiger partial charge in [-0.25, -0.2) is 0 Å². The molecule has 1 heterocycles. The van der Waals surface area contributed by atoms with Crippen molar-refractivity contribution in [1.29, 1.82) is 0 Å². The van der Waals surface area contributed by atoms with Gasteiger partial charge in [0.25, 0.3) is 0 Å². The first-order valence-corrected chi connectivity index (χ1v) is 6.32. The van der Waals surface area contributed by atoms with Crippen LogP contribution in [0.15, 0.2) is 24.3 Å². The summed E-state index contributed by atoms with van der Waals surface area (Å²) in [4.78, 5) is 0. The second-order valence-corrected chi connectivity index (χ2v) is 4.35. The molecule has 0 bridgehead atoms. The zero-order valence-corrected chi connectivity index (χ0v) is 10.7. The summed E-state index contributed by atoms with van der Waals surface area (Å²) in [7, 11) is 1.65. The predicted molar refractivity (Wildman–Crippen MR) is 66.5 cm³/mol. The number of methoxy groups -OCH3 is 1. The number of hydrogen-bond donors (Lipinski definition) is 0. The average molecular weight is 257 g/mol. The van der Waals surface area contributed by atoms with Crippen LogP contribution < -0.4 is 4.74 Å². The van der Waals surface area contributed by atoms with Crippen LogP contribution in [-0.4, -0.2) is 26.2 Å². The lowest BCUT2D eigenvalue weighted by atomic mass is 10.0. The van der Waals surface area contributed by atoms with Crippen LogP contribution in [0.4, 0.5) is 0 Å². The van der Waals surface area contributed by atoms with E-state index in [2.05, 4.69) is 0 Å². The van der Waals surface area contributed by atoms with Gasteiger partial charge in [-0.15, -0.1) is 11.6 Å². The second-order valence-electron chi connectivity index (χ2n) is 3.97. The van der Waals surface area contributed by atoms with Gasteiger partial charge in [-0.3, -0.25) is 0 Å². The van der Waals surface area contributed by atoms with Crippen molar-refractivity contribution in [3.8, 4) is 5.75 Å². The summed E-state index contributed by atoms with van der Waals surface area (Å²) in [6, 6.07) is 7.81. The number of hydrogen-bond acceptors (Lipinski definition) is 3. The zero-order chi connectivity index (χ0) is 12.1. The van der Waals surface area contributed by atoms with Gasteiger partial charge in [-0.2, -0.15) is 0 Å². The first kappa shape index (κ1) is 12.7. The van der Waals surface area contributed by atoms with Gasteiger partial charge in [0.1, 0.15) is 5.75 Å². The van der Waals surface area contributed by atoms with E-state index in [0.29, 0.717) is 19.1 Å². The molecule has 1 aromatic rings. The highest BCUT2D eigenvalue weighted by atomic mass is 35.5. The molecule has 94 valence electrons. The lowest BCUT2D eigenvalue weighted by Crippen LogP contribution is -2.27. The van der Waals surface area contributed by atoms with Crippen LogP contribution >= 0.6 is 11.6 Å². The topological polar surface area (TPSA) is 27.7 Å². The predicted octanol–water partition coefficient (Wildman–Crippen LogP) is 2.91. The largest absolute Gasteiger partial charge is 0.497 e. The van der Waals surface area contributed by atoms with E-state index < -0.39 is 5.79 Å². The van der Waals surface area contributed by atoms with Crippen LogP contribution in [0.3, 0.4) is 0 Å². The van der Waals surface area contributed by atoms with Crippen molar-refractivity contribution in [2.75, 3.05) is 26.2 Å². The summed E-state index contributed by atoms with van der Waals surface area (Å²) in [5.74, 6) is 0.838. The van der Waals surface area contributed by atoms with Crippen LogP contribution in [0.25, 0.3) is 0 Å². The monoisotopic (exact) mass is 256 g/mol. The van der Waals surface area contributed by atoms with Crippen LogP contribution in [0.2, 0.25) is 0 Å². The fraction of sp³-hybridized carbons (Fsp3) is 0.538. The minimum atomic E-state index is -0.610. The molecule has 0 atom stereocenters. The Morgan fingerprint density at radius 3 is 2.41 bits per heavy atom. The lowest BCUT2D eigenvalue weighted by Gasteiger charge is -2.27. The molecular weight excluding hydrogens is 240 g/mol. The van der Waals surface area contributed by atoms with Crippen molar-refractivity contribution in [3.05, 3.63) is 29.8 Å². The first-order chi connectivity index (χ1) is 8.30. The molecule has 4 heteroatoms. The highest BCUT2D eigenvalue weighted by Gasteiger charge is 2.37. The highest BCUT2D eigenvalue weighted by Crippen LogP contribution is 2.36. The van der Waals surface area contributed by atoms with Gasteiger partial charge < -0.3 is 14.2 Å². The highest BCUT2D eigenvalue weighted by molar-refractivity contribution is 6.17. The van der Waals surface area contributed by atoms with Gasteiger partial charge in [0.05, 0.1) is 20.3 Å². The van der Waals surface area contributed by atoms with E-state index in [9.17, 15) is 0 Å². The second kappa shape index (κ2) is 5.71. The minimum absolute atomic E-state index is 0.610. The first-order valence-electron chi connectivity index (χ1n) is 5.79. The number of halogens is 1. The fourth-order valence-electron chi connectivity index (χ4n) is 2.05. The summed E-state index contributed by atoms with van der Waals surface area (Å²) in [6.45, 7) is 1.27. The van der Waals surface area contributed by atoms with E-state index >= 15 is 0 Å². The maximum atomic E-state index is 5.78. The molecule has 2 rings (SSSR count). The Labute approximate surface area is 107 Å². The van der Waals surface area contributed by atoms with E-state index in [4.69, 9.17) is 25.8 Å². The summed E-state index contributed by atoms with van der Waals surface area (Å²) in [5, 5.41) is 0. The van der Waals surface area contributed by atoms with Gasteiger partial charge in [-0.05, 0) is 30.7 Å². The Balaban J connectivity index is 2.19. The van der Waals surface area contributed by atoms with Gasteiger partial charge in [0.15, 0.2) is 5.79 Å². The molecule has 0 amide bonds. The van der Waals surface area contributed by atoms with Gasteiger partial charge in [0, 0.05) is 17.9 Å². The van der Waals surface area contributed by atoms with E-state index in [-0.39, 0.29) is 0 Å². The standard InChI is InChI=1S/C13H17ClO3/c1-15-12-5-3-11(4-6-12)13(7-2-8-14)16-9-10-17-13/h3-6H,2,7-10H2,1H3. The van der Waals surface area contributed by atoms with Crippen LogP contribution in [-0.2, 0) is 15.3 Å². The summed E-state index contributed by atoms with van der Waals surface area (Å²) >= 11 is 5.75. The molecule has 1 aliphatic rings. The molecule has 0 aliphatic carbocycles. The number of rotatable bonds is 5. The number of ether oxygens (including phenoxy) is 3. The molecule has 0 spiro atoms. The third-order valence-corrected chi connectivity index (χ3v) is 3.19. The quantitative estimate of drug-likeness (QED) is 0.758. The number of alkyl halides is 1. The van der Waals surface area contributed by atoms with Crippen molar-refractivity contribution in [2.45, 2.75) is 18.6 Å². The molecule has 3 nitrogen and oxygen atoms in total. The van der Waals surface area contributed by atoms with Gasteiger partial charge in [-0.1, -0.05) is 0 Å². The smallest absolute Gasteiger partial charge is 0.195 e. The van der Waals surface area contributed by atoms with E-state index in [0.717, 1.165) is 24.2 Å². The third kappa shape index (κ3) is 2.73. The molecule has 0 saturated carbocycles. The Hall–Kier alpha value is -0.770.